The van der Waals surface area contributed by atoms with Gasteiger partial charge in [-0.2, -0.15) is 5.10 Å². The second kappa shape index (κ2) is 7.81. The van der Waals surface area contributed by atoms with Crippen LogP contribution < -0.4 is 21.5 Å². The molecule has 1 heterocycles. The number of aromatic nitrogens is 2. The number of halogens is 2. The number of hydrogen-bond acceptors (Lipinski definition) is 4. The molecule has 0 atom stereocenters. The Balaban J connectivity index is 2.53. The molecule has 4 nitrogen and oxygen atoms in total. The van der Waals surface area contributed by atoms with Gasteiger partial charge in [-0.1, -0.05) is 43.7 Å². The topological polar surface area (TPSA) is 63.8 Å². The van der Waals surface area contributed by atoms with Crippen LogP contribution in [0.2, 0.25) is 0 Å². The molecule has 0 fully saturated rings. The van der Waals surface area contributed by atoms with E-state index in [1.807, 2.05) is 13.8 Å². The second-order valence-corrected chi connectivity index (χ2v) is 6.90. The van der Waals surface area contributed by atoms with Gasteiger partial charge in [0.1, 0.15) is 0 Å². The van der Waals surface area contributed by atoms with E-state index in [1.54, 1.807) is 24.4 Å². The van der Waals surface area contributed by atoms with E-state index in [2.05, 4.69) is 29.4 Å². The summed E-state index contributed by atoms with van der Waals surface area (Å²) in [5, 5.41) is 13.1. The first-order valence-electron chi connectivity index (χ1n) is 8.61. The summed E-state index contributed by atoms with van der Waals surface area (Å²) in [7, 11) is 0. The van der Waals surface area contributed by atoms with Crippen molar-refractivity contribution >= 4 is 17.1 Å². The fraction of sp³-hybridized carbons (Fsp3) is 0.400. The van der Waals surface area contributed by atoms with Crippen LogP contribution in [0, 0.1) is 5.92 Å². The molecule has 140 valence electrons. The molecule has 0 saturated carbocycles. The van der Waals surface area contributed by atoms with Crippen molar-refractivity contribution in [3.8, 4) is 0 Å². The average Bonchev–Trinajstić information content (AvgIpc) is 2.58. The Labute approximate surface area is 152 Å². The van der Waals surface area contributed by atoms with Crippen LogP contribution in [0.3, 0.4) is 0 Å². The van der Waals surface area contributed by atoms with Crippen molar-refractivity contribution in [2.45, 2.75) is 47.1 Å². The van der Waals surface area contributed by atoms with Crippen LogP contribution in [-0.2, 0) is 12.5 Å². The average molecular weight is 360 g/mol. The third kappa shape index (κ3) is 4.36. The molecule has 0 aliphatic carbocycles. The summed E-state index contributed by atoms with van der Waals surface area (Å²) in [6, 6.07) is 6.50. The van der Waals surface area contributed by atoms with Crippen molar-refractivity contribution in [2.75, 3.05) is 5.32 Å². The molecule has 0 amide bonds. The zero-order valence-electron chi connectivity index (χ0n) is 15.9. The Hall–Kier alpha value is -2.50. The molecule has 0 unspecified atom stereocenters. The van der Waals surface area contributed by atoms with Gasteiger partial charge in [-0.05, 0) is 25.3 Å². The number of anilines is 1. The molecular formula is C20H26F2N4. The van der Waals surface area contributed by atoms with Gasteiger partial charge in [0.2, 0.25) is 0 Å². The van der Waals surface area contributed by atoms with E-state index >= 15 is 0 Å². The first-order valence-corrected chi connectivity index (χ1v) is 8.61. The highest BCUT2D eigenvalue weighted by atomic mass is 19.3. The normalized spacial score (nSPS) is 14.3. The van der Waals surface area contributed by atoms with E-state index in [0.29, 0.717) is 17.1 Å². The number of nitrogens with two attached hydrogens (primary N) is 1. The molecule has 0 aliphatic heterocycles. The van der Waals surface area contributed by atoms with Crippen molar-refractivity contribution in [3.63, 3.8) is 0 Å². The number of nitrogens with one attached hydrogen (secondary N) is 1. The van der Waals surface area contributed by atoms with Crippen LogP contribution >= 0.6 is 0 Å². The minimum atomic E-state index is -2.91. The molecule has 0 spiro atoms. The largest absolute Gasteiger partial charge is 0.402 e. The predicted molar refractivity (Wildman–Crippen MR) is 102 cm³/mol. The van der Waals surface area contributed by atoms with Gasteiger partial charge in [0, 0.05) is 35.2 Å². The van der Waals surface area contributed by atoms with Crippen molar-refractivity contribution in [3.05, 3.63) is 52.0 Å². The summed E-state index contributed by atoms with van der Waals surface area (Å²) < 4.78 is 27.7. The molecule has 0 saturated heterocycles. The van der Waals surface area contributed by atoms with Crippen molar-refractivity contribution < 1.29 is 8.78 Å². The SMILES string of the molecule is C/C(N)=c1/cnnc(NCc2ccccc2C(C)(F)F)/c1=C(\C)C(C)C. The highest BCUT2D eigenvalue weighted by Crippen LogP contribution is 2.29. The maximum absolute atomic E-state index is 13.8. The van der Waals surface area contributed by atoms with Crippen molar-refractivity contribution in [2.24, 2.45) is 11.7 Å². The van der Waals surface area contributed by atoms with E-state index < -0.39 is 5.92 Å². The first-order chi connectivity index (χ1) is 12.1. The summed E-state index contributed by atoms with van der Waals surface area (Å²) >= 11 is 0. The van der Waals surface area contributed by atoms with Crippen LogP contribution in [0.4, 0.5) is 14.6 Å². The fourth-order valence-electron chi connectivity index (χ4n) is 2.78. The number of hydrogen-bond donors (Lipinski definition) is 2. The Bertz CT molecular complexity index is 895. The molecule has 0 bridgehead atoms. The Morgan fingerprint density at radius 1 is 1.23 bits per heavy atom. The number of rotatable bonds is 5. The zero-order chi connectivity index (χ0) is 19.5. The van der Waals surface area contributed by atoms with Crippen molar-refractivity contribution in [1.29, 1.82) is 0 Å². The smallest absolute Gasteiger partial charge is 0.270 e. The summed E-state index contributed by atoms with van der Waals surface area (Å²) in [4.78, 5) is 0. The lowest BCUT2D eigenvalue weighted by Gasteiger charge is -2.17. The minimum absolute atomic E-state index is 0.00397. The molecule has 2 aromatic rings. The molecule has 2 rings (SSSR count). The van der Waals surface area contributed by atoms with E-state index in [1.165, 1.54) is 6.07 Å². The van der Waals surface area contributed by atoms with Gasteiger partial charge in [-0.25, -0.2) is 8.78 Å². The number of nitrogens with zero attached hydrogens (tertiary/aromatic N) is 2. The lowest BCUT2D eigenvalue weighted by Crippen LogP contribution is -2.36. The maximum atomic E-state index is 13.8. The van der Waals surface area contributed by atoms with Gasteiger partial charge in [0.15, 0.2) is 5.82 Å². The second-order valence-electron chi connectivity index (χ2n) is 6.90. The molecule has 3 N–H and O–H groups in total. The molecule has 1 aromatic heterocycles. The third-order valence-electron chi connectivity index (χ3n) is 4.47. The quantitative estimate of drug-likeness (QED) is 0.860. The molecule has 6 heteroatoms. The Kier molecular flexibility index (Phi) is 5.95. The van der Waals surface area contributed by atoms with E-state index in [0.717, 1.165) is 22.9 Å². The van der Waals surface area contributed by atoms with Crippen LogP contribution in [0.1, 0.15) is 45.7 Å². The highest BCUT2D eigenvalue weighted by Gasteiger charge is 2.26. The minimum Gasteiger partial charge on any atom is -0.402 e. The van der Waals surface area contributed by atoms with E-state index in [-0.39, 0.29) is 18.0 Å². The number of benzene rings is 1. The monoisotopic (exact) mass is 360 g/mol. The van der Waals surface area contributed by atoms with Crippen LogP contribution in [0.15, 0.2) is 30.5 Å². The van der Waals surface area contributed by atoms with Gasteiger partial charge in [-0.3, -0.25) is 0 Å². The van der Waals surface area contributed by atoms with E-state index in [9.17, 15) is 8.78 Å². The fourth-order valence-corrected chi connectivity index (χ4v) is 2.78. The van der Waals surface area contributed by atoms with Gasteiger partial charge in [0.25, 0.3) is 5.92 Å². The van der Waals surface area contributed by atoms with Gasteiger partial charge in [-0.15, -0.1) is 5.10 Å². The molecule has 0 radical (unpaired) electrons. The van der Waals surface area contributed by atoms with Gasteiger partial charge in [0.05, 0.1) is 6.20 Å². The Morgan fingerprint density at radius 3 is 2.46 bits per heavy atom. The van der Waals surface area contributed by atoms with Crippen LogP contribution in [-0.4, -0.2) is 10.2 Å². The van der Waals surface area contributed by atoms with Gasteiger partial charge < -0.3 is 11.1 Å². The van der Waals surface area contributed by atoms with Gasteiger partial charge >= 0.3 is 0 Å². The first kappa shape index (κ1) is 19.8. The summed E-state index contributed by atoms with van der Waals surface area (Å²) in [5.41, 5.74) is 8.29. The predicted octanol–water partition coefficient (Wildman–Crippen LogP) is 3.11. The maximum Gasteiger partial charge on any atom is 0.270 e. The lowest BCUT2D eigenvalue weighted by molar-refractivity contribution is 0.0166. The Morgan fingerprint density at radius 2 is 1.88 bits per heavy atom. The van der Waals surface area contributed by atoms with Crippen LogP contribution in [0.25, 0.3) is 11.3 Å². The molecule has 1 aromatic carbocycles. The van der Waals surface area contributed by atoms with Crippen molar-refractivity contribution in [1.82, 2.24) is 10.2 Å². The summed E-state index contributed by atoms with van der Waals surface area (Å²) in [5.74, 6) is -2.08. The summed E-state index contributed by atoms with van der Waals surface area (Å²) in [6.45, 7) is 9.13. The third-order valence-corrected chi connectivity index (χ3v) is 4.47. The van der Waals surface area contributed by atoms with E-state index in [4.69, 9.17) is 5.73 Å². The highest BCUT2D eigenvalue weighted by molar-refractivity contribution is 5.55. The molecule has 26 heavy (non-hydrogen) atoms. The molecule has 0 aliphatic rings. The van der Waals surface area contributed by atoms with Crippen LogP contribution in [0.5, 0.6) is 0 Å². The summed E-state index contributed by atoms with van der Waals surface area (Å²) in [6.07, 6.45) is 1.63. The number of alkyl halides is 2. The molecular weight excluding hydrogens is 334 g/mol. The zero-order valence-corrected chi connectivity index (χ0v) is 15.9. The standard InChI is InChI=1S/C20H26F2N4/c1-12(2)13(3)18-16(14(4)23)11-25-26-19(18)24-10-15-8-6-7-9-17(15)20(5,21)22/h6-9,11-12H,10,23H2,1-5H3,(H,24,26)/b16-14+,18-13+. The lowest BCUT2D eigenvalue weighted by atomic mass is 10.0.